The minimum Gasteiger partial charge on any atom is -0.493 e. The van der Waals surface area contributed by atoms with Crippen LogP contribution in [0.25, 0.3) is 16.9 Å². The summed E-state index contributed by atoms with van der Waals surface area (Å²) in [7, 11) is -0.900. The molecule has 5 rings (SSSR count). The van der Waals surface area contributed by atoms with E-state index in [0.29, 0.717) is 22.8 Å². The molecule has 218 valence electrons. The van der Waals surface area contributed by atoms with Gasteiger partial charge in [0.25, 0.3) is 15.9 Å². The van der Waals surface area contributed by atoms with Crippen LogP contribution >= 0.6 is 11.6 Å². The van der Waals surface area contributed by atoms with Crippen LogP contribution in [-0.4, -0.2) is 44.5 Å². The monoisotopic (exact) mass is 615 g/mol. The van der Waals surface area contributed by atoms with Crippen LogP contribution in [0.4, 0.5) is 5.69 Å². The number of rotatable bonds is 10. The van der Waals surface area contributed by atoms with Crippen molar-refractivity contribution in [3.63, 3.8) is 0 Å². The second-order valence-corrected chi connectivity index (χ2v) is 11.2. The van der Waals surface area contributed by atoms with E-state index in [1.807, 2.05) is 36.4 Å². The standard InChI is InChI=1S/C31H26ClN5O5S/c1-41-28-16-15-21(18-29(28)42-2)30-23(20-37(35-30)24-10-4-3-5-11-24)19-33-34-31(38)22-9-8-12-25(17-22)43(39,40)36-27-14-7-6-13-26(27)32/h3-20,36H,1-2H3,(H,34,38)/b33-19-. The Morgan fingerprint density at radius 2 is 1.65 bits per heavy atom. The summed E-state index contributed by atoms with van der Waals surface area (Å²) in [6, 6.07) is 27.0. The number of hydrogen-bond acceptors (Lipinski definition) is 7. The normalized spacial score (nSPS) is 11.3. The first-order valence-corrected chi connectivity index (χ1v) is 14.7. The zero-order chi connectivity index (χ0) is 30.4. The van der Waals surface area contributed by atoms with Crippen molar-refractivity contribution in [3.8, 4) is 28.4 Å². The van der Waals surface area contributed by atoms with E-state index in [0.717, 1.165) is 11.3 Å². The molecule has 43 heavy (non-hydrogen) atoms. The molecule has 0 saturated carbocycles. The quantitative estimate of drug-likeness (QED) is 0.152. The molecule has 10 nitrogen and oxygen atoms in total. The van der Waals surface area contributed by atoms with Gasteiger partial charge in [-0.1, -0.05) is 48.0 Å². The van der Waals surface area contributed by atoms with Gasteiger partial charge in [0.15, 0.2) is 11.5 Å². The fraction of sp³-hybridized carbons (Fsp3) is 0.0645. The van der Waals surface area contributed by atoms with Gasteiger partial charge in [-0.2, -0.15) is 10.2 Å². The highest BCUT2D eigenvalue weighted by molar-refractivity contribution is 7.92. The van der Waals surface area contributed by atoms with Crippen molar-refractivity contribution in [2.75, 3.05) is 18.9 Å². The van der Waals surface area contributed by atoms with Gasteiger partial charge in [0, 0.05) is 22.9 Å². The molecule has 0 aliphatic rings. The SMILES string of the molecule is COc1ccc(-c2nn(-c3ccccc3)cc2/C=N\NC(=O)c2cccc(S(=O)(=O)Nc3ccccc3Cl)c2)cc1OC. The summed E-state index contributed by atoms with van der Waals surface area (Å²) >= 11 is 6.10. The van der Waals surface area contributed by atoms with Crippen molar-refractivity contribution in [3.05, 3.63) is 119 Å². The summed E-state index contributed by atoms with van der Waals surface area (Å²) in [5.74, 6) is 0.501. The maximum absolute atomic E-state index is 12.9. The smallest absolute Gasteiger partial charge is 0.271 e. The van der Waals surface area contributed by atoms with E-state index in [-0.39, 0.29) is 21.2 Å². The Balaban J connectivity index is 1.40. The molecule has 0 atom stereocenters. The highest BCUT2D eigenvalue weighted by atomic mass is 35.5. The number of hydrogen-bond donors (Lipinski definition) is 2. The highest BCUT2D eigenvalue weighted by Crippen LogP contribution is 2.33. The fourth-order valence-electron chi connectivity index (χ4n) is 4.18. The first-order chi connectivity index (χ1) is 20.8. The lowest BCUT2D eigenvalue weighted by atomic mass is 10.1. The van der Waals surface area contributed by atoms with Gasteiger partial charge in [-0.25, -0.2) is 18.5 Å². The predicted molar refractivity (Wildman–Crippen MR) is 166 cm³/mol. The number of hydrazone groups is 1. The summed E-state index contributed by atoms with van der Waals surface area (Å²) in [5, 5.41) is 9.14. The number of ether oxygens (including phenoxy) is 2. The van der Waals surface area contributed by atoms with Crippen molar-refractivity contribution in [2.45, 2.75) is 4.90 Å². The number of para-hydroxylation sites is 2. The third kappa shape index (κ3) is 6.69. The van der Waals surface area contributed by atoms with Gasteiger partial charge < -0.3 is 9.47 Å². The minimum atomic E-state index is -4.01. The van der Waals surface area contributed by atoms with Gasteiger partial charge in [0.05, 0.1) is 41.7 Å². The predicted octanol–water partition coefficient (Wildman–Crippen LogP) is 5.77. The van der Waals surface area contributed by atoms with Crippen molar-refractivity contribution < 1.29 is 22.7 Å². The molecule has 1 aromatic heterocycles. The Bertz CT molecular complexity index is 1910. The van der Waals surface area contributed by atoms with Crippen molar-refractivity contribution in [2.24, 2.45) is 5.10 Å². The van der Waals surface area contributed by atoms with E-state index in [1.165, 1.54) is 30.5 Å². The number of aromatic nitrogens is 2. The molecule has 0 unspecified atom stereocenters. The van der Waals surface area contributed by atoms with Crippen molar-refractivity contribution in [1.82, 2.24) is 15.2 Å². The average molecular weight is 616 g/mol. The number of carbonyl (C=O) groups is 1. The average Bonchev–Trinajstić information content (AvgIpc) is 3.46. The first kappa shape index (κ1) is 29.4. The number of benzene rings is 4. The summed E-state index contributed by atoms with van der Waals surface area (Å²) in [4.78, 5) is 12.8. The van der Waals surface area contributed by atoms with Crippen LogP contribution in [0.15, 0.2) is 113 Å². The van der Waals surface area contributed by atoms with E-state index in [4.69, 9.17) is 26.2 Å². The van der Waals surface area contributed by atoms with Gasteiger partial charge >= 0.3 is 0 Å². The molecule has 0 saturated heterocycles. The zero-order valence-electron chi connectivity index (χ0n) is 23.1. The van der Waals surface area contributed by atoms with Crippen LogP contribution in [-0.2, 0) is 10.0 Å². The third-order valence-corrected chi connectivity index (χ3v) is 8.01. The van der Waals surface area contributed by atoms with Crippen LogP contribution in [0, 0.1) is 0 Å². The number of nitrogens with one attached hydrogen (secondary N) is 2. The Morgan fingerprint density at radius 1 is 0.907 bits per heavy atom. The lowest BCUT2D eigenvalue weighted by Gasteiger charge is -2.10. The Kier molecular flexibility index (Phi) is 8.74. The fourth-order valence-corrected chi connectivity index (χ4v) is 5.54. The van der Waals surface area contributed by atoms with Crippen LogP contribution in [0.3, 0.4) is 0 Å². The second-order valence-electron chi connectivity index (χ2n) is 9.10. The Morgan fingerprint density at radius 3 is 2.40 bits per heavy atom. The number of halogens is 1. The van der Waals surface area contributed by atoms with Crippen LogP contribution in [0.2, 0.25) is 5.02 Å². The molecule has 0 fully saturated rings. The summed E-state index contributed by atoms with van der Waals surface area (Å²) in [6.07, 6.45) is 3.25. The Labute approximate surface area is 253 Å². The van der Waals surface area contributed by atoms with E-state index in [9.17, 15) is 13.2 Å². The number of anilines is 1. The number of carbonyl (C=O) groups excluding carboxylic acids is 1. The van der Waals surface area contributed by atoms with E-state index in [2.05, 4.69) is 15.2 Å². The second kappa shape index (κ2) is 12.8. The van der Waals surface area contributed by atoms with Crippen molar-refractivity contribution in [1.29, 1.82) is 0 Å². The molecule has 1 heterocycles. The topological polar surface area (TPSA) is 124 Å². The molecule has 0 aliphatic carbocycles. The van der Waals surface area contributed by atoms with E-state index >= 15 is 0 Å². The Hall–Kier alpha value is -5.13. The van der Waals surface area contributed by atoms with Crippen molar-refractivity contribution >= 4 is 39.4 Å². The third-order valence-electron chi connectivity index (χ3n) is 6.31. The lowest BCUT2D eigenvalue weighted by Crippen LogP contribution is -2.19. The molecule has 12 heteroatoms. The van der Waals surface area contributed by atoms with Crippen LogP contribution < -0.4 is 19.6 Å². The maximum atomic E-state index is 12.9. The molecule has 0 bridgehead atoms. The molecule has 0 aliphatic heterocycles. The van der Waals surface area contributed by atoms with Gasteiger partial charge in [0.2, 0.25) is 0 Å². The molecule has 0 radical (unpaired) electrons. The number of amides is 1. The number of nitrogens with zero attached hydrogens (tertiary/aromatic N) is 3. The minimum absolute atomic E-state index is 0.0966. The molecule has 4 aromatic carbocycles. The summed E-state index contributed by atoms with van der Waals surface area (Å²) in [6.45, 7) is 0. The van der Waals surface area contributed by atoms with Crippen LogP contribution in [0.1, 0.15) is 15.9 Å². The largest absolute Gasteiger partial charge is 0.493 e. The lowest BCUT2D eigenvalue weighted by molar-refractivity contribution is 0.0955. The first-order valence-electron chi connectivity index (χ1n) is 12.9. The summed E-state index contributed by atoms with van der Waals surface area (Å²) in [5.41, 5.74) is 5.55. The highest BCUT2D eigenvalue weighted by Gasteiger charge is 2.18. The molecular formula is C31H26ClN5O5S. The van der Waals surface area contributed by atoms with Gasteiger partial charge in [-0.3, -0.25) is 9.52 Å². The number of sulfonamides is 1. The molecular weight excluding hydrogens is 590 g/mol. The number of methoxy groups -OCH3 is 2. The summed E-state index contributed by atoms with van der Waals surface area (Å²) < 4.78 is 40.9. The van der Waals surface area contributed by atoms with Gasteiger partial charge in [-0.15, -0.1) is 0 Å². The molecule has 1 amide bonds. The molecule has 0 spiro atoms. The molecule has 5 aromatic rings. The van der Waals surface area contributed by atoms with E-state index in [1.54, 1.807) is 61.5 Å². The maximum Gasteiger partial charge on any atom is 0.271 e. The van der Waals surface area contributed by atoms with Gasteiger partial charge in [-0.05, 0) is 60.7 Å². The molecule has 2 N–H and O–H groups in total. The van der Waals surface area contributed by atoms with Crippen LogP contribution in [0.5, 0.6) is 11.5 Å². The zero-order valence-corrected chi connectivity index (χ0v) is 24.6. The van der Waals surface area contributed by atoms with E-state index < -0.39 is 15.9 Å². The van der Waals surface area contributed by atoms with Gasteiger partial charge in [0.1, 0.15) is 5.69 Å².